The monoisotopic (exact) mass is 615 g/mol. The molecule has 1 saturated heterocycles. The lowest BCUT2D eigenvalue weighted by molar-refractivity contribution is -0.165. The van der Waals surface area contributed by atoms with Crippen molar-refractivity contribution in [2.75, 3.05) is 26.4 Å². The van der Waals surface area contributed by atoms with E-state index in [1.165, 1.54) is 10.4 Å². The Balaban J connectivity index is 1.41. The molecule has 0 amide bonds. The Morgan fingerprint density at radius 3 is 2.16 bits per heavy atom. The van der Waals surface area contributed by atoms with Gasteiger partial charge in [0.1, 0.15) is 18.2 Å². The summed E-state index contributed by atoms with van der Waals surface area (Å²) in [5, 5.41) is 11.3. The molecule has 0 spiro atoms. The number of ether oxygens (including phenoxy) is 3. The second kappa shape index (κ2) is 15.1. The van der Waals surface area contributed by atoms with Crippen molar-refractivity contribution in [3.63, 3.8) is 0 Å². The van der Waals surface area contributed by atoms with E-state index < -0.39 is 13.7 Å². The molecule has 3 aromatic carbocycles. The highest BCUT2D eigenvalue weighted by atomic mass is 28.4. The maximum absolute atomic E-state index is 9.03. The van der Waals surface area contributed by atoms with Gasteiger partial charge in [-0.25, -0.2) is 4.99 Å². The minimum absolute atomic E-state index is 0.128. The third-order valence-electron chi connectivity index (χ3n) is 8.13. The van der Waals surface area contributed by atoms with Crippen LogP contribution >= 0.6 is 0 Å². The van der Waals surface area contributed by atoms with E-state index in [2.05, 4.69) is 88.1 Å². The fourth-order valence-electron chi connectivity index (χ4n) is 5.59. The van der Waals surface area contributed by atoms with Gasteiger partial charge in [0.05, 0.1) is 12.3 Å². The highest BCUT2D eigenvalue weighted by molar-refractivity contribution is 6.99. The molecule has 3 N–H and O–H groups in total. The molecule has 0 aliphatic carbocycles. The summed E-state index contributed by atoms with van der Waals surface area (Å²) < 4.78 is 24.4. The number of benzene rings is 3. The van der Waals surface area contributed by atoms with Gasteiger partial charge in [-0.1, -0.05) is 101 Å². The summed E-state index contributed by atoms with van der Waals surface area (Å²) in [5.74, 6) is 1.07. The summed E-state index contributed by atoms with van der Waals surface area (Å²) >= 11 is 0. The van der Waals surface area contributed by atoms with Crippen molar-refractivity contribution in [1.82, 2.24) is 0 Å². The second-order valence-corrected chi connectivity index (χ2v) is 17.4. The number of rotatable bonds is 14. The lowest BCUT2D eigenvalue weighted by Crippen LogP contribution is -2.67. The van der Waals surface area contributed by atoms with Gasteiger partial charge in [0, 0.05) is 36.8 Å². The van der Waals surface area contributed by atoms with Crippen LogP contribution in [0.15, 0.2) is 89.9 Å². The van der Waals surface area contributed by atoms with Crippen LogP contribution in [0.2, 0.25) is 5.04 Å². The van der Waals surface area contributed by atoms with Crippen LogP contribution in [-0.4, -0.2) is 52.6 Å². The third-order valence-corrected chi connectivity index (χ3v) is 13.1. The van der Waals surface area contributed by atoms with Crippen LogP contribution in [0.4, 0.5) is 5.69 Å². The van der Waals surface area contributed by atoms with E-state index in [0.29, 0.717) is 42.8 Å². The standard InChI is InChI=1S/C36H49N3O4Si/c1-35(2,3)44(30-17-8-6-9-18-30,31-19-10-7-11-20-31)43-27-36(4,5)32(37)26-33(38)39-28-15-14-16-29(25-28)40-23-24-42-34-21-12-13-22-41-34/h6-11,14-20,25,34,37H,12-13,21-24,26-27H2,1-5H3,(H2,38,39). The van der Waals surface area contributed by atoms with Crippen LogP contribution in [-0.2, 0) is 13.9 Å². The van der Waals surface area contributed by atoms with Crippen molar-refractivity contribution in [2.24, 2.45) is 16.1 Å². The average Bonchev–Trinajstić information content (AvgIpc) is 3.00. The molecule has 236 valence electrons. The van der Waals surface area contributed by atoms with Crippen LogP contribution in [0.1, 0.15) is 60.3 Å². The van der Waals surface area contributed by atoms with Crippen molar-refractivity contribution in [3.05, 3.63) is 84.9 Å². The van der Waals surface area contributed by atoms with Crippen LogP contribution in [0, 0.1) is 10.8 Å². The number of amidine groups is 1. The first-order valence-electron chi connectivity index (χ1n) is 15.6. The highest BCUT2D eigenvalue weighted by Gasteiger charge is 2.51. The van der Waals surface area contributed by atoms with Crippen LogP contribution in [0.25, 0.3) is 0 Å². The highest BCUT2D eigenvalue weighted by Crippen LogP contribution is 2.38. The number of nitrogens with two attached hydrogens (primary N) is 1. The van der Waals surface area contributed by atoms with Gasteiger partial charge in [-0.15, -0.1) is 0 Å². The summed E-state index contributed by atoms with van der Waals surface area (Å²) in [7, 11) is -2.72. The first-order chi connectivity index (χ1) is 21.0. The fraction of sp³-hybridized carbons (Fsp3) is 0.444. The molecule has 1 heterocycles. The Morgan fingerprint density at radius 2 is 1.57 bits per heavy atom. The maximum atomic E-state index is 9.03. The topological polar surface area (TPSA) is 99.2 Å². The van der Waals surface area contributed by atoms with E-state index in [1.807, 2.05) is 36.4 Å². The Morgan fingerprint density at radius 1 is 0.909 bits per heavy atom. The van der Waals surface area contributed by atoms with E-state index in [9.17, 15) is 0 Å². The molecule has 1 fully saturated rings. The molecule has 1 atom stereocenters. The average molecular weight is 616 g/mol. The Labute approximate surface area is 264 Å². The molecule has 0 aromatic heterocycles. The normalized spacial score (nSPS) is 16.5. The molecule has 3 aromatic rings. The molecule has 0 radical (unpaired) electrons. The molecule has 0 bridgehead atoms. The summed E-state index contributed by atoms with van der Waals surface area (Å²) in [6.07, 6.45) is 3.28. The number of aliphatic imine (C=N–C) groups is 1. The zero-order chi connectivity index (χ0) is 31.6. The van der Waals surface area contributed by atoms with Crippen molar-refractivity contribution in [2.45, 2.75) is 71.6 Å². The molecule has 7 nitrogen and oxygen atoms in total. The summed E-state index contributed by atoms with van der Waals surface area (Å²) in [4.78, 5) is 4.61. The van der Waals surface area contributed by atoms with Gasteiger partial charge in [0.2, 0.25) is 0 Å². The molecule has 1 aliphatic heterocycles. The van der Waals surface area contributed by atoms with Gasteiger partial charge in [-0.05, 0) is 46.8 Å². The minimum Gasteiger partial charge on any atom is -0.491 e. The first-order valence-corrected chi connectivity index (χ1v) is 17.5. The van der Waals surface area contributed by atoms with Gasteiger partial charge in [-0.3, -0.25) is 0 Å². The second-order valence-electron chi connectivity index (χ2n) is 13.1. The zero-order valence-electron chi connectivity index (χ0n) is 27.0. The van der Waals surface area contributed by atoms with Crippen molar-refractivity contribution >= 4 is 35.9 Å². The number of hydrogen-bond donors (Lipinski definition) is 2. The van der Waals surface area contributed by atoms with Crippen molar-refractivity contribution in [1.29, 1.82) is 5.41 Å². The van der Waals surface area contributed by atoms with Gasteiger partial charge >= 0.3 is 0 Å². The lowest BCUT2D eigenvalue weighted by Gasteiger charge is -2.44. The number of nitrogens with zero attached hydrogens (tertiary/aromatic N) is 1. The van der Waals surface area contributed by atoms with Crippen LogP contribution in [0.5, 0.6) is 5.75 Å². The van der Waals surface area contributed by atoms with Crippen LogP contribution in [0.3, 0.4) is 0 Å². The number of hydrogen-bond acceptors (Lipinski definition) is 6. The Kier molecular flexibility index (Phi) is 11.5. The number of nitrogens with one attached hydrogen (secondary N) is 1. The maximum Gasteiger partial charge on any atom is 0.261 e. The van der Waals surface area contributed by atoms with E-state index in [0.717, 1.165) is 25.9 Å². The molecule has 8 heteroatoms. The van der Waals surface area contributed by atoms with E-state index in [4.69, 9.17) is 29.8 Å². The fourth-order valence-corrected chi connectivity index (χ4v) is 10.3. The zero-order valence-corrected chi connectivity index (χ0v) is 28.0. The quantitative estimate of drug-likeness (QED) is 0.0920. The first kappa shape index (κ1) is 33.6. The predicted molar refractivity (Wildman–Crippen MR) is 182 cm³/mol. The van der Waals surface area contributed by atoms with E-state index >= 15 is 0 Å². The van der Waals surface area contributed by atoms with E-state index in [1.54, 1.807) is 0 Å². The Bertz CT molecular complexity index is 1330. The SMILES string of the molecule is CC(C)(CO[Si](c1ccccc1)(c1ccccc1)C(C)(C)C)C(=N)CC(N)=Nc1cccc(OCCOC2CCCCO2)c1. The van der Waals surface area contributed by atoms with Crippen molar-refractivity contribution < 1.29 is 18.6 Å². The molecular formula is C36H49N3O4Si. The van der Waals surface area contributed by atoms with Gasteiger partial charge in [-0.2, -0.15) is 0 Å². The third kappa shape index (κ3) is 8.66. The minimum atomic E-state index is -2.72. The Hall–Kier alpha value is -3.30. The molecule has 1 unspecified atom stereocenters. The van der Waals surface area contributed by atoms with Gasteiger partial charge in [0.25, 0.3) is 8.32 Å². The smallest absolute Gasteiger partial charge is 0.261 e. The van der Waals surface area contributed by atoms with Gasteiger partial charge in [0.15, 0.2) is 6.29 Å². The van der Waals surface area contributed by atoms with E-state index in [-0.39, 0.29) is 17.7 Å². The predicted octanol–water partition coefficient (Wildman–Crippen LogP) is 6.61. The molecule has 0 saturated carbocycles. The molecule has 4 rings (SSSR count). The van der Waals surface area contributed by atoms with Crippen LogP contribution < -0.4 is 20.8 Å². The summed E-state index contributed by atoms with van der Waals surface area (Å²) in [6.45, 7) is 12.9. The van der Waals surface area contributed by atoms with Gasteiger partial charge < -0.3 is 29.8 Å². The summed E-state index contributed by atoms with van der Waals surface area (Å²) in [5.41, 5.74) is 7.00. The lowest BCUT2D eigenvalue weighted by atomic mass is 9.86. The van der Waals surface area contributed by atoms with Crippen molar-refractivity contribution in [3.8, 4) is 5.75 Å². The largest absolute Gasteiger partial charge is 0.491 e. The summed E-state index contributed by atoms with van der Waals surface area (Å²) in [6, 6.07) is 28.7. The molecular weight excluding hydrogens is 566 g/mol. The molecule has 44 heavy (non-hydrogen) atoms. The molecule has 1 aliphatic rings.